The first-order valence-electron chi connectivity index (χ1n) is 8.34. The Labute approximate surface area is 153 Å². The molecule has 0 aliphatic carbocycles. The minimum atomic E-state index is -0.501. The van der Waals surface area contributed by atoms with Crippen molar-refractivity contribution in [3.8, 4) is 0 Å². The number of rotatable bonds is 8. The molecule has 0 aromatic heterocycles. The van der Waals surface area contributed by atoms with E-state index in [2.05, 4.69) is 5.32 Å². The van der Waals surface area contributed by atoms with Gasteiger partial charge in [-0.25, -0.2) is 0 Å². The molecule has 5 heteroatoms. The first-order valence-corrected chi connectivity index (χ1v) is 9.33. The van der Waals surface area contributed by atoms with Crippen molar-refractivity contribution in [3.63, 3.8) is 0 Å². The standard InChI is InChI=1S/C20H24N2O2S/c1-16(20(24)21-2)22(15-17-9-5-3-6-10-17)19(23)13-14-25-18-11-7-4-8-12-18/h3-12,16H,13-15H2,1-2H3,(H,21,24)/t16-/m0/s1. The van der Waals surface area contributed by atoms with Crippen molar-refractivity contribution in [2.45, 2.75) is 30.8 Å². The molecule has 4 nitrogen and oxygen atoms in total. The molecular weight excluding hydrogens is 332 g/mol. The fourth-order valence-electron chi connectivity index (χ4n) is 2.49. The van der Waals surface area contributed by atoms with Gasteiger partial charge in [-0.2, -0.15) is 0 Å². The van der Waals surface area contributed by atoms with Crippen molar-refractivity contribution >= 4 is 23.6 Å². The predicted molar refractivity (Wildman–Crippen MR) is 102 cm³/mol. The van der Waals surface area contributed by atoms with Crippen LogP contribution in [0.3, 0.4) is 0 Å². The van der Waals surface area contributed by atoms with Gasteiger partial charge in [-0.15, -0.1) is 11.8 Å². The molecule has 2 aromatic rings. The van der Waals surface area contributed by atoms with Crippen molar-refractivity contribution in [2.75, 3.05) is 12.8 Å². The van der Waals surface area contributed by atoms with Gasteiger partial charge in [0.2, 0.25) is 11.8 Å². The number of amides is 2. The number of benzene rings is 2. The molecule has 0 heterocycles. The zero-order chi connectivity index (χ0) is 18.1. The summed E-state index contributed by atoms with van der Waals surface area (Å²) in [5.74, 6) is 0.526. The van der Waals surface area contributed by atoms with Crippen molar-refractivity contribution in [1.29, 1.82) is 0 Å². The Hall–Kier alpha value is -2.27. The number of carbonyl (C=O) groups excluding carboxylic acids is 2. The van der Waals surface area contributed by atoms with Crippen LogP contribution in [0.2, 0.25) is 0 Å². The lowest BCUT2D eigenvalue weighted by Gasteiger charge is -2.28. The number of nitrogens with zero attached hydrogens (tertiary/aromatic N) is 1. The fourth-order valence-corrected chi connectivity index (χ4v) is 3.35. The van der Waals surface area contributed by atoms with Gasteiger partial charge in [0.05, 0.1) is 0 Å². The Morgan fingerprint density at radius 3 is 2.24 bits per heavy atom. The van der Waals surface area contributed by atoms with Crippen LogP contribution in [0.25, 0.3) is 0 Å². The lowest BCUT2D eigenvalue weighted by Crippen LogP contribution is -2.46. The summed E-state index contributed by atoms with van der Waals surface area (Å²) >= 11 is 1.65. The van der Waals surface area contributed by atoms with Gasteiger partial charge in [0.1, 0.15) is 6.04 Å². The van der Waals surface area contributed by atoms with Crippen molar-refractivity contribution in [2.24, 2.45) is 0 Å². The third-order valence-corrected chi connectivity index (χ3v) is 4.95. The Kier molecular flexibility index (Phi) is 7.54. The Morgan fingerprint density at radius 1 is 1.04 bits per heavy atom. The van der Waals surface area contributed by atoms with E-state index in [1.54, 1.807) is 30.6 Å². The third-order valence-electron chi connectivity index (χ3n) is 3.94. The Balaban J connectivity index is 2.00. The van der Waals surface area contributed by atoms with Crippen molar-refractivity contribution in [1.82, 2.24) is 10.2 Å². The van der Waals surface area contributed by atoms with E-state index in [1.807, 2.05) is 60.7 Å². The molecule has 132 valence electrons. The molecule has 0 bridgehead atoms. The molecular formula is C20H24N2O2S. The summed E-state index contributed by atoms with van der Waals surface area (Å²) in [6.07, 6.45) is 0.397. The average molecular weight is 356 g/mol. The smallest absolute Gasteiger partial charge is 0.242 e. The van der Waals surface area contributed by atoms with E-state index < -0.39 is 6.04 Å². The molecule has 0 unspecified atom stereocenters. The molecule has 0 aliphatic heterocycles. The van der Waals surface area contributed by atoms with Gasteiger partial charge >= 0.3 is 0 Å². The molecule has 2 aromatic carbocycles. The van der Waals surface area contributed by atoms with Gasteiger partial charge in [0.15, 0.2) is 0 Å². The zero-order valence-electron chi connectivity index (χ0n) is 14.6. The van der Waals surface area contributed by atoms with Crippen LogP contribution in [-0.4, -0.2) is 35.6 Å². The summed E-state index contributed by atoms with van der Waals surface area (Å²) in [6, 6.07) is 19.3. The Morgan fingerprint density at radius 2 is 1.64 bits per heavy atom. The van der Waals surface area contributed by atoms with E-state index in [0.717, 1.165) is 10.5 Å². The third kappa shape index (κ3) is 5.94. The topological polar surface area (TPSA) is 49.4 Å². The minimum Gasteiger partial charge on any atom is -0.357 e. The number of likely N-dealkylation sites (N-methyl/N-ethyl adjacent to an activating group) is 1. The molecule has 0 spiro atoms. The summed E-state index contributed by atoms with van der Waals surface area (Å²) in [5, 5.41) is 2.63. The molecule has 1 atom stereocenters. The van der Waals surface area contributed by atoms with Crippen LogP contribution in [-0.2, 0) is 16.1 Å². The molecule has 2 rings (SSSR count). The van der Waals surface area contributed by atoms with Crippen LogP contribution >= 0.6 is 11.8 Å². The van der Waals surface area contributed by atoms with Crippen LogP contribution in [0.4, 0.5) is 0 Å². The maximum absolute atomic E-state index is 12.7. The number of thioether (sulfide) groups is 1. The molecule has 25 heavy (non-hydrogen) atoms. The van der Waals surface area contributed by atoms with Crippen molar-refractivity contribution in [3.05, 3.63) is 66.2 Å². The molecule has 1 N–H and O–H groups in total. The van der Waals surface area contributed by atoms with E-state index in [0.29, 0.717) is 18.7 Å². The maximum atomic E-state index is 12.7. The lowest BCUT2D eigenvalue weighted by molar-refractivity contribution is -0.140. The van der Waals surface area contributed by atoms with Gasteiger partial charge in [0, 0.05) is 30.7 Å². The van der Waals surface area contributed by atoms with Gasteiger partial charge in [0.25, 0.3) is 0 Å². The van der Waals surface area contributed by atoms with E-state index >= 15 is 0 Å². The lowest BCUT2D eigenvalue weighted by atomic mass is 10.1. The second-order valence-corrected chi connectivity index (χ2v) is 6.88. The fraction of sp³-hybridized carbons (Fsp3) is 0.300. The number of hydrogen-bond acceptors (Lipinski definition) is 3. The molecule has 0 fully saturated rings. The second kappa shape index (κ2) is 9.89. The maximum Gasteiger partial charge on any atom is 0.242 e. The van der Waals surface area contributed by atoms with E-state index in [-0.39, 0.29) is 11.8 Å². The van der Waals surface area contributed by atoms with Gasteiger partial charge < -0.3 is 10.2 Å². The van der Waals surface area contributed by atoms with E-state index in [1.165, 1.54) is 0 Å². The highest BCUT2D eigenvalue weighted by Crippen LogP contribution is 2.19. The number of hydrogen-bond donors (Lipinski definition) is 1. The van der Waals surface area contributed by atoms with Gasteiger partial charge in [-0.05, 0) is 24.6 Å². The van der Waals surface area contributed by atoms with E-state index in [4.69, 9.17) is 0 Å². The van der Waals surface area contributed by atoms with Crippen LogP contribution in [0.5, 0.6) is 0 Å². The quantitative estimate of drug-likeness (QED) is 0.738. The Bertz CT molecular complexity index is 677. The van der Waals surface area contributed by atoms with Crippen molar-refractivity contribution < 1.29 is 9.59 Å². The summed E-state index contributed by atoms with van der Waals surface area (Å²) in [7, 11) is 1.59. The highest BCUT2D eigenvalue weighted by atomic mass is 32.2. The van der Waals surface area contributed by atoms with Gasteiger partial charge in [-0.1, -0.05) is 48.5 Å². The monoisotopic (exact) mass is 356 g/mol. The highest BCUT2D eigenvalue weighted by molar-refractivity contribution is 7.99. The highest BCUT2D eigenvalue weighted by Gasteiger charge is 2.25. The van der Waals surface area contributed by atoms with Crippen LogP contribution in [0.15, 0.2) is 65.6 Å². The van der Waals surface area contributed by atoms with Crippen LogP contribution in [0, 0.1) is 0 Å². The molecule has 0 saturated heterocycles. The largest absolute Gasteiger partial charge is 0.357 e. The first-order chi connectivity index (χ1) is 12.1. The average Bonchev–Trinajstić information content (AvgIpc) is 2.66. The molecule has 0 radical (unpaired) electrons. The summed E-state index contributed by atoms with van der Waals surface area (Å²) in [6.45, 7) is 2.20. The van der Waals surface area contributed by atoms with Crippen LogP contribution < -0.4 is 5.32 Å². The van der Waals surface area contributed by atoms with Crippen LogP contribution in [0.1, 0.15) is 18.9 Å². The summed E-state index contributed by atoms with van der Waals surface area (Å²) < 4.78 is 0. The summed E-state index contributed by atoms with van der Waals surface area (Å²) in [5.41, 5.74) is 1.02. The number of carbonyl (C=O) groups is 2. The minimum absolute atomic E-state index is 0.0108. The van der Waals surface area contributed by atoms with E-state index in [9.17, 15) is 9.59 Å². The predicted octanol–water partition coefficient (Wildman–Crippen LogP) is 3.33. The SMILES string of the molecule is CNC(=O)[C@H](C)N(Cc1ccccc1)C(=O)CCSc1ccccc1. The summed E-state index contributed by atoms with van der Waals surface area (Å²) in [4.78, 5) is 27.6. The molecule has 0 saturated carbocycles. The molecule has 2 amide bonds. The molecule has 0 aliphatic rings. The zero-order valence-corrected chi connectivity index (χ0v) is 15.5. The second-order valence-electron chi connectivity index (χ2n) is 5.71. The van der Waals surface area contributed by atoms with Gasteiger partial charge in [-0.3, -0.25) is 9.59 Å². The normalized spacial score (nSPS) is 11.6. The first kappa shape index (κ1) is 19.1. The number of nitrogens with one attached hydrogen (secondary N) is 1.